The van der Waals surface area contributed by atoms with Crippen molar-refractivity contribution in [2.24, 2.45) is 5.92 Å². The van der Waals surface area contributed by atoms with Crippen LogP contribution in [0, 0.1) is 17.2 Å². The molecular formula is C25H29N3O2S. The molecule has 0 radical (unpaired) electrons. The Morgan fingerprint density at radius 3 is 2.45 bits per heavy atom. The molecule has 162 valence electrons. The van der Waals surface area contributed by atoms with E-state index in [1.54, 1.807) is 11.8 Å². The highest BCUT2D eigenvalue weighted by Gasteiger charge is 2.26. The molecule has 1 amide bonds. The molecule has 4 rings (SSSR count). The summed E-state index contributed by atoms with van der Waals surface area (Å²) in [5, 5.41) is 8.95. The molecule has 0 spiro atoms. The lowest BCUT2D eigenvalue weighted by atomic mass is 9.95. The number of carbonyl (C=O) groups is 1. The minimum Gasteiger partial charge on any atom is -0.379 e. The van der Waals surface area contributed by atoms with Crippen LogP contribution in [0.15, 0.2) is 53.4 Å². The van der Waals surface area contributed by atoms with Crippen LogP contribution in [-0.2, 0) is 10.5 Å². The van der Waals surface area contributed by atoms with E-state index in [-0.39, 0.29) is 5.91 Å². The van der Waals surface area contributed by atoms with Crippen LogP contribution in [0.1, 0.15) is 34.3 Å². The lowest BCUT2D eigenvalue weighted by Gasteiger charge is -2.36. The second-order valence-electron chi connectivity index (χ2n) is 8.24. The summed E-state index contributed by atoms with van der Waals surface area (Å²) in [6, 6.07) is 17.7. The Hall–Kier alpha value is -2.33. The molecular weight excluding hydrogens is 406 g/mol. The topological polar surface area (TPSA) is 56.6 Å². The zero-order valence-electron chi connectivity index (χ0n) is 17.8. The van der Waals surface area contributed by atoms with Crippen LogP contribution in [0.3, 0.4) is 0 Å². The number of rotatable bonds is 6. The predicted octanol–water partition coefficient (Wildman–Crippen LogP) is 4.03. The summed E-state index contributed by atoms with van der Waals surface area (Å²) in [4.78, 5) is 18.8. The third-order valence-corrected chi connectivity index (χ3v) is 7.26. The van der Waals surface area contributed by atoms with Gasteiger partial charge in [-0.25, -0.2) is 0 Å². The number of nitrogens with zero attached hydrogens (tertiary/aromatic N) is 3. The van der Waals surface area contributed by atoms with Gasteiger partial charge < -0.3 is 9.64 Å². The number of hydrogen-bond acceptors (Lipinski definition) is 5. The number of piperidine rings is 1. The van der Waals surface area contributed by atoms with Crippen molar-refractivity contribution in [3.8, 4) is 6.07 Å². The van der Waals surface area contributed by atoms with E-state index in [4.69, 9.17) is 10.00 Å². The molecule has 5 nitrogen and oxygen atoms in total. The van der Waals surface area contributed by atoms with Crippen LogP contribution >= 0.6 is 11.8 Å². The number of morpholine rings is 1. The fourth-order valence-corrected chi connectivity index (χ4v) is 5.24. The first-order valence-corrected chi connectivity index (χ1v) is 12.0. The molecule has 2 aliphatic rings. The summed E-state index contributed by atoms with van der Waals surface area (Å²) in [6.07, 6.45) is 2.15. The maximum Gasteiger partial charge on any atom is 0.254 e. The van der Waals surface area contributed by atoms with E-state index >= 15 is 0 Å². The first kappa shape index (κ1) is 21.9. The van der Waals surface area contributed by atoms with Gasteiger partial charge in [0, 0.05) is 43.4 Å². The van der Waals surface area contributed by atoms with E-state index in [2.05, 4.69) is 11.0 Å². The quantitative estimate of drug-likeness (QED) is 0.641. The predicted molar refractivity (Wildman–Crippen MR) is 123 cm³/mol. The van der Waals surface area contributed by atoms with Crippen molar-refractivity contribution in [1.29, 1.82) is 5.26 Å². The average molecular weight is 436 g/mol. The van der Waals surface area contributed by atoms with Gasteiger partial charge in [-0.1, -0.05) is 24.3 Å². The Bertz CT molecular complexity index is 911. The van der Waals surface area contributed by atoms with Gasteiger partial charge in [0.1, 0.15) is 0 Å². The van der Waals surface area contributed by atoms with Crippen molar-refractivity contribution in [2.45, 2.75) is 23.5 Å². The van der Waals surface area contributed by atoms with Gasteiger partial charge in [0.15, 0.2) is 0 Å². The maximum atomic E-state index is 13.3. The zero-order valence-corrected chi connectivity index (χ0v) is 18.7. The molecule has 2 aromatic carbocycles. The molecule has 2 aromatic rings. The van der Waals surface area contributed by atoms with Gasteiger partial charge >= 0.3 is 0 Å². The van der Waals surface area contributed by atoms with Crippen LogP contribution in [0.5, 0.6) is 0 Å². The number of amides is 1. The maximum absolute atomic E-state index is 13.3. The van der Waals surface area contributed by atoms with Crippen LogP contribution < -0.4 is 0 Å². The summed E-state index contributed by atoms with van der Waals surface area (Å²) in [5.41, 5.74) is 2.62. The first-order chi connectivity index (χ1) is 15.2. The van der Waals surface area contributed by atoms with Crippen molar-refractivity contribution in [3.05, 3.63) is 65.2 Å². The minimum absolute atomic E-state index is 0.146. The summed E-state index contributed by atoms with van der Waals surface area (Å²) in [5.74, 6) is 1.59. The minimum atomic E-state index is 0.146. The largest absolute Gasteiger partial charge is 0.379 e. The van der Waals surface area contributed by atoms with Crippen LogP contribution in [0.25, 0.3) is 0 Å². The van der Waals surface area contributed by atoms with Crippen molar-refractivity contribution in [2.75, 3.05) is 45.9 Å². The third kappa shape index (κ3) is 5.88. The number of nitriles is 1. The van der Waals surface area contributed by atoms with Gasteiger partial charge in [0.05, 0.1) is 30.4 Å². The van der Waals surface area contributed by atoms with E-state index < -0.39 is 0 Å². The van der Waals surface area contributed by atoms with E-state index in [9.17, 15) is 4.79 Å². The zero-order chi connectivity index (χ0) is 21.5. The van der Waals surface area contributed by atoms with Gasteiger partial charge in [0.25, 0.3) is 5.91 Å². The summed E-state index contributed by atoms with van der Waals surface area (Å²) >= 11 is 1.68. The van der Waals surface area contributed by atoms with Crippen molar-refractivity contribution in [1.82, 2.24) is 9.80 Å². The van der Waals surface area contributed by atoms with Crippen molar-refractivity contribution >= 4 is 17.7 Å². The molecule has 2 heterocycles. The molecule has 0 N–H and O–H groups in total. The number of likely N-dealkylation sites (tertiary alicyclic amines) is 1. The highest BCUT2D eigenvalue weighted by Crippen LogP contribution is 2.29. The lowest BCUT2D eigenvalue weighted by Crippen LogP contribution is -2.44. The molecule has 0 unspecified atom stereocenters. The Balaban J connectivity index is 1.33. The molecule has 2 saturated heterocycles. The van der Waals surface area contributed by atoms with Crippen LogP contribution in [0.2, 0.25) is 0 Å². The molecule has 0 atom stereocenters. The molecule has 6 heteroatoms. The smallest absolute Gasteiger partial charge is 0.254 e. The number of thioether (sulfide) groups is 1. The summed E-state index contributed by atoms with van der Waals surface area (Å²) in [7, 11) is 0. The van der Waals surface area contributed by atoms with Crippen LogP contribution in [0.4, 0.5) is 0 Å². The average Bonchev–Trinajstić information content (AvgIpc) is 2.84. The molecule has 0 bridgehead atoms. The second kappa shape index (κ2) is 10.8. The highest BCUT2D eigenvalue weighted by molar-refractivity contribution is 7.98. The van der Waals surface area contributed by atoms with Gasteiger partial charge in [-0.2, -0.15) is 5.26 Å². The van der Waals surface area contributed by atoms with E-state index in [0.717, 1.165) is 80.6 Å². The summed E-state index contributed by atoms with van der Waals surface area (Å²) < 4.78 is 5.45. The Morgan fingerprint density at radius 1 is 1.03 bits per heavy atom. The van der Waals surface area contributed by atoms with E-state index in [1.165, 1.54) is 0 Å². The first-order valence-electron chi connectivity index (χ1n) is 11.0. The standard InChI is InChI=1S/C25H29N3O2S/c26-17-20-5-7-22(8-6-20)19-31-24-4-2-1-3-23(24)25(29)28-11-9-21(10-12-28)18-27-13-15-30-16-14-27/h1-8,21H,9-16,18-19H2. The molecule has 2 aliphatic heterocycles. The SMILES string of the molecule is N#Cc1ccc(CSc2ccccc2C(=O)N2CCC(CN3CCOCC3)CC2)cc1. The van der Waals surface area contributed by atoms with Gasteiger partial charge in [-0.3, -0.25) is 9.69 Å². The third-order valence-electron chi connectivity index (χ3n) is 6.12. The summed E-state index contributed by atoms with van der Waals surface area (Å²) in [6.45, 7) is 6.54. The highest BCUT2D eigenvalue weighted by atomic mass is 32.2. The molecule has 0 aromatic heterocycles. The number of hydrogen-bond donors (Lipinski definition) is 0. The fraction of sp³-hybridized carbons (Fsp3) is 0.440. The molecule has 0 aliphatic carbocycles. The molecule has 0 saturated carbocycles. The molecule has 2 fully saturated rings. The van der Waals surface area contributed by atoms with Gasteiger partial charge in [-0.15, -0.1) is 11.8 Å². The van der Waals surface area contributed by atoms with Crippen molar-refractivity contribution in [3.63, 3.8) is 0 Å². The number of ether oxygens (including phenoxy) is 1. The fourth-order valence-electron chi connectivity index (χ4n) is 4.24. The normalized spacial score (nSPS) is 18.0. The Morgan fingerprint density at radius 2 is 1.74 bits per heavy atom. The Labute approximate surface area is 189 Å². The van der Waals surface area contributed by atoms with Crippen LogP contribution in [-0.4, -0.2) is 61.6 Å². The number of carbonyl (C=O) groups excluding carboxylic acids is 1. The van der Waals surface area contributed by atoms with E-state index in [0.29, 0.717) is 11.5 Å². The van der Waals surface area contributed by atoms with Gasteiger partial charge in [0.2, 0.25) is 0 Å². The van der Waals surface area contributed by atoms with E-state index in [1.807, 2.05) is 53.4 Å². The molecule has 31 heavy (non-hydrogen) atoms. The Kier molecular flexibility index (Phi) is 7.63. The monoisotopic (exact) mass is 435 g/mol. The van der Waals surface area contributed by atoms with Gasteiger partial charge in [-0.05, 0) is 48.6 Å². The second-order valence-corrected chi connectivity index (χ2v) is 9.26. The van der Waals surface area contributed by atoms with Crippen molar-refractivity contribution < 1.29 is 9.53 Å². The lowest BCUT2D eigenvalue weighted by molar-refractivity contribution is 0.0242. The number of benzene rings is 2.